The Morgan fingerprint density at radius 2 is 0.897 bits per heavy atom. The number of nitrogens with zero attached hydrogens (tertiary/aromatic N) is 10. The Balaban J connectivity index is 0.000000379. The number of anilines is 3. The normalized spacial score (nSPS) is 10.6. The molecule has 0 aliphatic heterocycles. The van der Waals surface area contributed by atoms with Gasteiger partial charge in [0.25, 0.3) is 0 Å². The molecule has 6 rings (SSSR count). The number of aliphatic hydroxyl groups is 1. The van der Waals surface area contributed by atoms with E-state index in [0.717, 1.165) is 43.5 Å². The van der Waals surface area contributed by atoms with Crippen LogP contribution in [0.2, 0.25) is 0 Å². The number of hydrogen-bond donors (Lipinski definition) is 4. The van der Waals surface area contributed by atoms with Gasteiger partial charge in [0, 0.05) is 65.2 Å². The Bertz CT molecular complexity index is 2180. The summed E-state index contributed by atoms with van der Waals surface area (Å²) in [6.45, 7) is 14.0. The minimum Gasteiger partial charge on any atom is -0.396 e. The van der Waals surface area contributed by atoms with Gasteiger partial charge in [0.05, 0.1) is 31.3 Å². The van der Waals surface area contributed by atoms with E-state index in [0.29, 0.717) is 73.8 Å². The van der Waals surface area contributed by atoms with Gasteiger partial charge < -0.3 is 22.3 Å². The molecule has 0 unspecified atom stereocenters. The molecule has 0 saturated carbocycles. The zero-order chi connectivity index (χ0) is 40.4. The van der Waals surface area contributed by atoms with Crippen LogP contribution >= 0.6 is 58.8 Å². The van der Waals surface area contributed by atoms with Crippen molar-refractivity contribution in [2.45, 2.75) is 80.4 Å². The molecule has 0 bridgehead atoms. The number of nitrogen functional groups attached to an aromatic ring is 3. The second kappa shape index (κ2) is 22.4. The number of aliphatic hydroxyl groups excluding tert-OH is 1. The van der Waals surface area contributed by atoms with Crippen molar-refractivity contribution in [2.24, 2.45) is 0 Å². The summed E-state index contributed by atoms with van der Waals surface area (Å²) < 4.78 is 6.29. The lowest BCUT2D eigenvalue weighted by Gasteiger charge is -2.02. The van der Waals surface area contributed by atoms with Crippen molar-refractivity contribution >= 4 is 76.3 Å². The van der Waals surface area contributed by atoms with Crippen LogP contribution in [0, 0.1) is 46.4 Å². The number of rotatable bonds is 16. The molecular formula is C36H51Cl2N13O4S3+4. The first-order valence-electron chi connectivity index (χ1n) is 17.8. The number of nitrogens with two attached hydrogens (primary N) is 3. The molecule has 7 N–H and O–H groups in total. The molecule has 6 aromatic rings. The molecule has 58 heavy (non-hydrogen) atoms. The van der Waals surface area contributed by atoms with Gasteiger partial charge in [0.15, 0.2) is 49.9 Å². The zero-order valence-corrected chi connectivity index (χ0v) is 37.3. The van der Waals surface area contributed by atoms with Crippen LogP contribution in [0.4, 0.5) is 17.5 Å². The van der Waals surface area contributed by atoms with Crippen LogP contribution < -0.4 is 30.9 Å². The van der Waals surface area contributed by atoms with E-state index in [9.17, 15) is 4.91 Å². The van der Waals surface area contributed by atoms with Crippen LogP contribution in [0.3, 0.4) is 0 Å². The van der Waals surface area contributed by atoms with Crippen molar-refractivity contribution < 1.29 is 33.6 Å². The largest absolute Gasteiger partial charge is 0.477 e. The number of hydrogen-bond acceptors (Lipinski definition) is 16. The number of aromatic nitrogens is 9. The van der Waals surface area contributed by atoms with Crippen LogP contribution in [0.25, 0.3) is 0 Å². The zero-order valence-electron chi connectivity index (χ0n) is 33.2. The molecule has 0 radical (unpaired) electrons. The molecule has 0 amide bonds. The average Bonchev–Trinajstić information content (AvgIpc) is 3.80. The standard InChI is InChI=1S/C24H32N9O3S2.C12H17N4OS.2ClH/c1-15-21(37-13-31(15)11-19-9-27-17(3)29-23(19)25)5-7-35-33(34)36-8-6-22-16(2)32(14-38-22)12-20-10-28-18(4)30-24(20)26;1-8-11(3-4-17)18-7-16(8)6-10-5-14-9(2)15-12(10)13;;/h9-10,13-14H,5-8,11-12H2,1-4H3,(H2,25,27,29)(H2,26,28,30);5,7,17H,3-4,6H2,1-2H3,(H2,13,14,15);2*1H/q+3;+1;;. The van der Waals surface area contributed by atoms with E-state index in [1.165, 1.54) is 4.88 Å². The third-order valence-electron chi connectivity index (χ3n) is 8.94. The summed E-state index contributed by atoms with van der Waals surface area (Å²) in [4.78, 5) is 51.1. The van der Waals surface area contributed by atoms with Crippen LogP contribution in [-0.4, -0.2) is 59.9 Å². The summed E-state index contributed by atoms with van der Waals surface area (Å²) >= 11 is 4.85. The maximum atomic E-state index is 12.0. The summed E-state index contributed by atoms with van der Waals surface area (Å²) in [5.74, 6) is 3.48. The molecule has 0 atom stereocenters. The monoisotopic (exact) mass is 895 g/mol. The molecule has 0 saturated heterocycles. The maximum absolute atomic E-state index is 12.0. The van der Waals surface area contributed by atoms with Gasteiger partial charge in [-0.1, -0.05) is 34.0 Å². The van der Waals surface area contributed by atoms with Crippen molar-refractivity contribution in [3.8, 4) is 0 Å². The quantitative estimate of drug-likeness (QED) is 0.0809. The third-order valence-corrected chi connectivity index (χ3v) is 12.4. The summed E-state index contributed by atoms with van der Waals surface area (Å²) in [7, 11) is 0. The highest BCUT2D eigenvalue weighted by Gasteiger charge is 2.22. The molecule has 0 fully saturated rings. The highest BCUT2D eigenvalue weighted by atomic mass is 35.5. The van der Waals surface area contributed by atoms with Crippen molar-refractivity contribution in [3.63, 3.8) is 0 Å². The first-order chi connectivity index (χ1) is 26.8. The second-order valence-corrected chi connectivity index (χ2v) is 15.7. The molecule has 6 heterocycles. The highest BCUT2D eigenvalue weighted by Crippen LogP contribution is 2.17. The van der Waals surface area contributed by atoms with E-state index in [1.54, 1.807) is 52.6 Å². The predicted molar refractivity (Wildman–Crippen MR) is 227 cm³/mol. The van der Waals surface area contributed by atoms with Crippen molar-refractivity contribution in [1.29, 1.82) is 0 Å². The van der Waals surface area contributed by atoms with Gasteiger partial charge in [0.2, 0.25) is 16.5 Å². The van der Waals surface area contributed by atoms with Crippen molar-refractivity contribution in [3.05, 3.63) is 106 Å². The number of thiazole rings is 3. The molecule has 0 aromatic carbocycles. The summed E-state index contributed by atoms with van der Waals surface area (Å²) in [6.07, 6.45) is 7.15. The lowest BCUT2D eigenvalue weighted by atomic mass is 10.2. The maximum Gasteiger partial charge on any atom is 0.477 e. The fraction of sp³-hybridized carbons (Fsp3) is 0.417. The van der Waals surface area contributed by atoms with Gasteiger partial charge in [0.1, 0.15) is 39.8 Å². The second-order valence-electron chi connectivity index (χ2n) is 12.9. The Hall–Kier alpha value is -4.73. The minimum atomic E-state index is 0. The first kappa shape index (κ1) is 47.6. The highest BCUT2D eigenvalue weighted by molar-refractivity contribution is 7.09. The van der Waals surface area contributed by atoms with E-state index < -0.39 is 0 Å². The van der Waals surface area contributed by atoms with Crippen LogP contribution in [0.1, 0.15) is 65.9 Å². The molecule has 0 spiro atoms. The fourth-order valence-electron chi connectivity index (χ4n) is 5.56. The summed E-state index contributed by atoms with van der Waals surface area (Å²) in [5, 5.41) is 9.17. The molecule has 17 nitrogen and oxygen atoms in total. The topological polar surface area (TPSA) is 226 Å². The first-order valence-corrected chi connectivity index (χ1v) is 20.4. The van der Waals surface area contributed by atoms with Crippen LogP contribution in [0.15, 0.2) is 35.1 Å². The fourth-order valence-corrected chi connectivity index (χ4v) is 8.50. The Labute approximate surface area is 361 Å². The van der Waals surface area contributed by atoms with Crippen molar-refractivity contribution in [1.82, 2.24) is 29.9 Å². The SMILES string of the molecule is Cc1ncc(C[n+]2csc(CCO)c2C)c(N)n1.Cc1ncc(C[n+]2csc(CCO[N+](=O)OCCc3sc[n+](Cc4cnc(C)nc4N)c3C)c2C)c(N)n1.Cl.Cl. The van der Waals surface area contributed by atoms with Gasteiger partial charge in [-0.05, 0) is 20.8 Å². The van der Waals surface area contributed by atoms with Gasteiger partial charge in [-0.15, -0.1) is 24.8 Å². The van der Waals surface area contributed by atoms with Gasteiger partial charge in [-0.2, -0.15) is 23.4 Å². The van der Waals surface area contributed by atoms with E-state index >= 15 is 0 Å². The molecule has 0 aliphatic carbocycles. The summed E-state index contributed by atoms with van der Waals surface area (Å²) in [6, 6.07) is 0. The van der Waals surface area contributed by atoms with E-state index in [-0.39, 0.29) is 49.7 Å². The third kappa shape index (κ3) is 12.9. The van der Waals surface area contributed by atoms with Crippen LogP contribution in [-0.2, 0) is 48.6 Å². The number of aryl methyl sites for hydroxylation is 3. The van der Waals surface area contributed by atoms with E-state index in [1.807, 2.05) is 58.1 Å². The van der Waals surface area contributed by atoms with Crippen LogP contribution in [0.5, 0.6) is 0 Å². The smallest absolute Gasteiger partial charge is 0.396 e. The number of halogens is 2. The molecular weight excluding hydrogens is 846 g/mol. The molecule has 22 heteroatoms. The lowest BCUT2D eigenvalue weighted by Crippen LogP contribution is -2.35. The van der Waals surface area contributed by atoms with Gasteiger partial charge >= 0.3 is 5.09 Å². The van der Waals surface area contributed by atoms with Crippen molar-refractivity contribution in [2.75, 3.05) is 37.0 Å². The average molecular weight is 897 g/mol. The Morgan fingerprint density at radius 1 is 0.586 bits per heavy atom. The van der Waals surface area contributed by atoms with Gasteiger partial charge in [-0.25, -0.2) is 29.9 Å². The van der Waals surface area contributed by atoms with E-state index in [4.69, 9.17) is 32.0 Å². The minimum absolute atomic E-state index is 0. The predicted octanol–water partition coefficient (Wildman–Crippen LogP) is 3.34. The lowest BCUT2D eigenvalue weighted by molar-refractivity contribution is -0.981. The molecule has 6 aromatic heterocycles. The summed E-state index contributed by atoms with van der Waals surface area (Å²) in [5.41, 5.74) is 30.0. The molecule has 0 aliphatic rings. The van der Waals surface area contributed by atoms with E-state index in [2.05, 4.69) is 43.6 Å². The molecule has 312 valence electrons. The Morgan fingerprint density at radius 3 is 1.19 bits per heavy atom. The Kier molecular flexibility index (Phi) is 18.4. The van der Waals surface area contributed by atoms with Gasteiger partial charge in [-0.3, -0.25) is 0 Å².